The summed E-state index contributed by atoms with van der Waals surface area (Å²) in [5, 5.41) is 10.6. The van der Waals surface area contributed by atoms with Gasteiger partial charge in [-0.05, 0) is 37.1 Å². The van der Waals surface area contributed by atoms with E-state index in [0.717, 1.165) is 14.7 Å². The average molecular weight is 367 g/mol. The van der Waals surface area contributed by atoms with Gasteiger partial charge in [0.25, 0.3) is 5.56 Å². The molecule has 0 unspecified atom stereocenters. The fraction of sp³-hybridized carbons (Fsp3) is 0.353. The molecule has 0 radical (unpaired) electrons. The number of nitrogens with zero attached hydrogens (tertiary/aromatic N) is 2. The number of hydrogen-bond acceptors (Lipinski definition) is 5. The summed E-state index contributed by atoms with van der Waals surface area (Å²) in [4.78, 5) is 36.0. The second-order valence-corrected chi connectivity index (χ2v) is 6.10. The maximum absolute atomic E-state index is 12.3. The van der Waals surface area contributed by atoms with Gasteiger partial charge in [-0.3, -0.25) is 18.7 Å². The summed E-state index contributed by atoms with van der Waals surface area (Å²) in [6, 6.07) is 5.24. The molecule has 0 fully saturated rings. The van der Waals surface area contributed by atoms with Gasteiger partial charge in [0.05, 0.1) is 6.61 Å². The summed E-state index contributed by atoms with van der Waals surface area (Å²) in [5.41, 5.74) is -0.999. The van der Waals surface area contributed by atoms with E-state index in [2.05, 4.69) is 0 Å². The SMILES string of the molecule is Cc1cc(OCCCC(=O)c2c(O)n(C)c(=O)n(C)c2=O)ccc1Cl. The monoisotopic (exact) mass is 366 g/mol. The molecule has 0 spiro atoms. The van der Waals surface area contributed by atoms with Gasteiger partial charge >= 0.3 is 5.69 Å². The Morgan fingerprint density at radius 3 is 2.56 bits per heavy atom. The van der Waals surface area contributed by atoms with Crippen molar-refractivity contribution >= 4 is 17.4 Å². The van der Waals surface area contributed by atoms with E-state index in [-0.39, 0.29) is 18.6 Å². The molecule has 1 aromatic carbocycles. The number of aryl methyl sites for hydroxylation is 1. The first-order chi connectivity index (χ1) is 11.7. The predicted molar refractivity (Wildman–Crippen MR) is 93.8 cm³/mol. The molecule has 0 aliphatic rings. The average Bonchev–Trinajstić information content (AvgIpc) is 2.58. The standard InChI is InChI=1S/C17H19ClN2O5/c1-10-9-11(6-7-12(10)18)25-8-4-5-13(21)14-15(22)19(2)17(24)20(3)16(14)23/h6-7,9,22H,4-5,8H2,1-3H3. The Hall–Kier alpha value is -2.54. The number of ketones is 1. The fourth-order valence-electron chi connectivity index (χ4n) is 2.33. The van der Waals surface area contributed by atoms with Gasteiger partial charge in [0, 0.05) is 25.5 Å². The Morgan fingerprint density at radius 2 is 1.92 bits per heavy atom. The lowest BCUT2D eigenvalue weighted by atomic mass is 10.1. The van der Waals surface area contributed by atoms with Crippen molar-refractivity contribution in [3.63, 3.8) is 0 Å². The summed E-state index contributed by atoms with van der Waals surface area (Å²) in [5.74, 6) is -0.521. The third-order valence-corrected chi connectivity index (χ3v) is 4.28. The summed E-state index contributed by atoms with van der Waals surface area (Å²) in [7, 11) is 2.55. The van der Waals surface area contributed by atoms with Gasteiger partial charge in [-0.1, -0.05) is 11.6 Å². The summed E-state index contributed by atoms with van der Waals surface area (Å²) in [6.07, 6.45) is 0.361. The number of hydrogen-bond donors (Lipinski definition) is 1. The van der Waals surface area contributed by atoms with Crippen LogP contribution in [0, 0.1) is 6.92 Å². The van der Waals surface area contributed by atoms with E-state index in [1.54, 1.807) is 18.2 Å². The van der Waals surface area contributed by atoms with Crippen molar-refractivity contribution in [1.29, 1.82) is 0 Å². The molecule has 2 aromatic rings. The highest BCUT2D eigenvalue weighted by Gasteiger charge is 2.21. The first kappa shape index (κ1) is 18.8. The minimum Gasteiger partial charge on any atom is -0.494 e. The van der Waals surface area contributed by atoms with Crippen LogP contribution >= 0.6 is 11.6 Å². The highest BCUT2D eigenvalue weighted by molar-refractivity contribution is 6.31. The maximum atomic E-state index is 12.3. The first-order valence-electron chi connectivity index (χ1n) is 7.65. The largest absolute Gasteiger partial charge is 0.494 e. The summed E-state index contributed by atoms with van der Waals surface area (Å²) >= 11 is 5.94. The molecule has 0 amide bonds. The van der Waals surface area contributed by atoms with E-state index in [4.69, 9.17) is 16.3 Å². The van der Waals surface area contributed by atoms with Crippen LogP contribution in [-0.4, -0.2) is 26.6 Å². The lowest BCUT2D eigenvalue weighted by molar-refractivity contribution is 0.0966. The van der Waals surface area contributed by atoms with E-state index in [1.807, 2.05) is 6.92 Å². The van der Waals surface area contributed by atoms with Crippen LogP contribution in [0.5, 0.6) is 11.6 Å². The summed E-state index contributed by atoms with van der Waals surface area (Å²) < 4.78 is 7.20. The molecule has 0 aliphatic heterocycles. The first-order valence-corrected chi connectivity index (χ1v) is 8.03. The van der Waals surface area contributed by atoms with Crippen molar-refractivity contribution in [1.82, 2.24) is 9.13 Å². The molecular formula is C17H19ClN2O5. The molecule has 8 heteroatoms. The molecule has 0 atom stereocenters. The lowest BCUT2D eigenvalue weighted by Crippen LogP contribution is -2.40. The van der Waals surface area contributed by atoms with Gasteiger partial charge in [0.1, 0.15) is 11.3 Å². The smallest absolute Gasteiger partial charge is 0.333 e. The number of aromatic nitrogens is 2. The molecule has 25 heavy (non-hydrogen) atoms. The van der Waals surface area contributed by atoms with Crippen molar-refractivity contribution < 1.29 is 14.6 Å². The van der Waals surface area contributed by atoms with Gasteiger partial charge in [0.15, 0.2) is 5.78 Å². The van der Waals surface area contributed by atoms with Crippen LogP contribution in [0.15, 0.2) is 27.8 Å². The third-order valence-electron chi connectivity index (χ3n) is 3.86. The number of ether oxygens (including phenoxy) is 1. The van der Waals surface area contributed by atoms with Crippen LogP contribution in [0.2, 0.25) is 5.02 Å². The Morgan fingerprint density at radius 1 is 1.24 bits per heavy atom. The molecule has 0 saturated heterocycles. The zero-order valence-electron chi connectivity index (χ0n) is 14.2. The van der Waals surface area contributed by atoms with Gasteiger partial charge in [-0.2, -0.15) is 0 Å². The van der Waals surface area contributed by atoms with Gasteiger partial charge in [-0.15, -0.1) is 0 Å². The highest BCUT2D eigenvalue weighted by atomic mass is 35.5. The second-order valence-electron chi connectivity index (χ2n) is 5.69. The maximum Gasteiger partial charge on any atom is 0.333 e. The van der Waals surface area contributed by atoms with Crippen LogP contribution in [0.4, 0.5) is 0 Å². The van der Waals surface area contributed by atoms with Crippen LogP contribution < -0.4 is 16.0 Å². The van der Waals surface area contributed by atoms with Crippen molar-refractivity contribution in [2.24, 2.45) is 14.1 Å². The Bertz CT molecular complexity index is 930. The molecule has 0 saturated carbocycles. The number of Topliss-reactive ketones (excluding diaryl/α,β-unsaturated/α-hetero) is 1. The van der Waals surface area contributed by atoms with Crippen LogP contribution in [0.25, 0.3) is 0 Å². The van der Waals surface area contributed by atoms with E-state index in [9.17, 15) is 19.5 Å². The minimum absolute atomic E-state index is 0.00752. The quantitative estimate of drug-likeness (QED) is 0.621. The van der Waals surface area contributed by atoms with Crippen LogP contribution in [0.1, 0.15) is 28.8 Å². The molecule has 1 aromatic heterocycles. The lowest BCUT2D eigenvalue weighted by Gasteiger charge is -2.10. The summed E-state index contributed by atoms with van der Waals surface area (Å²) in [6.45, 7) is 2.12. The Kier molecular flexibility index (Phi) is 5.69. The molecule has 7 nitrogen and oxygen atoms in total. The van der Waals surface area contributed by atoms with E-state index < -0.39 is 22.9 Å². The molecular weight excluding hydrogens is 348 g/mol. The zero-order valence-corrected chi connectivity index (χ0v) is 15.0. The number of rotatable bonds is 6. The highest BCUT2D eigenvalue weighted by Crippen LogP contribution is 2.21. The Balaban J connectivity index is 2.03. The number of carbonyl (C=O) groups excluding carboxylic acids is 1. The number of carbonyl (C=O) groups is 1. The third kappa shape index (κ3) is 3.93. The topological polar surface area (TPSA) is 90.5 Å². The molecule has 0 bridgehead atoms. The van der Waals surface area contributed by atoms with Crippen molar-refractivity contribution in [2.45, 2.75) is 19.8 Å². The molecule has 1 heterocycles. The van der Waals surface area contributed by atoms with Gasteiger partial charge in [0.2, 0.25) is 5.88 Å². The predicted octanol–water partition coefficient (Wildman–Crippen LogP) is 1.79. The van der Waals surface area contributed by atoms with Gasteiger partial charge in [-0.25, -0.2) is 4.79 Å². The fourth-order valence-corrected chi connectivity index (χ4v) is 2.45. The van der Waals surface area contributed by atoms with E-state index >= 15 is 0 Å². The number of benzene rings is 1. The number of aromatic hydroxyl groups is 1. The normalized spacial score (nSPS) is 10.7. The van der Waals surface area contributed by atoms with Crippen molar-refractivity contribution in [3.05, 3.63) is 55.2 Å². The minimum atomic E-state index is -0.806. The van der Waals surface area contributed by atoms with Crippen molar-refractivity contribution in [2.75, 3.05) is 6.61 Å². The van der Waals surface area contributed by atoms with Crippen LogP contribution in [-0.2, 0) is 14.1 Å². The molecule has 134 valence electrons. The Labute approximate surface area is 149 Å². The molecule has 1 N–H and O–H groups in total. The second kappa shape index (κ2) is 7.57. The van der Waals surface area contributed by atoms with E-state index in [1.165, 1.54) is 14.1 Å². The molecule has 0 aliphatic carbocycles. The zero-order chi connectivity index (χ0) is 18.7. The number of halogens is 1. The van der Waals surface area contributed by atoms with Gasteiger partial charge < -0.3 is 9.84 Å². The van der Waals surface area contributed by atoms with Crippen molar-refractivity contribution in [3.8, 4) is 11.6 Å². The van der Waals surface area contributed by atoms with E-state index in [0.29, 0.717) is 17.2 Å². The van der Waals surface area contributed by atoms with Crippen LogP contribution in [0.3, 0.4) is 0 Å². The molecule has 2 rings (SSSR count).